The van der Waals surface area contributed by atoms with E-state index in [0.29, 0.717) is 12.7 Å². The van der Waals surface area contributed by atoms with Gasteiger partial charge in [0.2, 0.25) is 0 Å². The fourth-order valence-electron chi connectivity index (χ4n) is 2.71. The van der Waals surface area contributed by atoms with Gasteiger partial charge >= 0.3 is 0 Å². The highest BCUT2D eigenvalue weighted by Crippen LogP contribution is 2.36. The molecule has 1 unspecified atom stereocenters. The zero-order chi connectivity index (χ0) is 13.7. The van der Waals surface area contributed by atoms with Crippen LogP contribution in [0.15, 0.2) is 24.3 Å². The summed E-state index contributed by atoms with van der Waals surface area (Å²) < 4.78 is 11.0. The summed E-state index contributed by atoms with van der Waals surface area (Å²) in [7, 11) is 0. The number of ether oxygens (including phenoxy) is 2. The number of nitrogens with two attached hydrogens (primary N) is 1. The van der Waals surface area contributed by atoms with Crippen molar-refractivity contribution in [3.05, 3.63) is 29.8 Å². The molecule has 2 N–H and O–H groups in total. The summed E-state index contributed by atoms with van der Waals surface area (Å²) in [6.07, 6.45) is 3.86. The van der Waals surface area contributed by atoms with Crippen LogP contribution in [0.4, 0.5) is 0 Å². The Bertz CT molecular complexity index is 371. The Morgan fingerprint density at radius 3 is 2.42 bits per heavy atom. The lowest BCUT2D eigenvalue weighted by Gasteiger charge is -2.36. The molecule has 1 aromatic rings. The molecular weight excluding hydrogens is 238 g/mol. The number of hydrogen-bond donors (Lipinski definition) is 1. The predicted octanol–water partition coefficient (Wildman–Crippen LogP) is 3.29. The summed E-state index contributed by atoms with van der Waals surface area (Å²) in [6, 6.07) is 8.29. The average Bonchev–Trinajstić information content (AvgIpc) is 2.37. The first-order valence-electron chi connectivity index (χ1n) is 7.32. The third kappa shape index (κ3) is 3.95. The maximum absolute atomic E-state index is 6.27. The Hall–Kier alpha value is -1.06. The number of rotatable bonds is 7. The van der Waals surface area contributed by atoms with Gasteiger partial charge in [-0.2, -0.15) is 0 Å². The number of hydrogen-bond acceptors (Lipinski definition) is 3. The Balaban J connectivity index is 1.78. The zero-order valence-electron chi connectivity index (χ0n) is 12.0. The lowest BCUT2D eigenvalue weighted by molar-refractivity contribution is -0.0282. The van der Waals surface area contributed by atoms with Gasteiger partial charge in [0.05, 0.1) is 12.7 Å². The lowest BCUT2D eigenvalue weighted by atomic mass is 9.77. The Labute approximate surface area is 116 Å². The largest absolute Gasteiger partial charge is 0.494 e. The van der Waals surface area contributed by atoms with Gasteiger partial charge < -0.3 is 15.2 Å². The molecule has 1 fully saturated rings. The third-order valence-electron chi connectivity index (χ3n) is 3.80. The van der Waals surface area contributed by atoms with Crippen molar-refractivity contribution >= 4 is 0 Å². The van der Waals surface area contributed by atoms with Crippen molar-refractivity contribution < 1.29 is 9.47 Å². The number of benzene rings is 1. The van der Waals surface area contributed by atoms with Gasteiger partial charge in [-0.3, -0.25) is 0 Å². The Morgan fingerprint density at radius 2 is 1.84 bits per heavy atom. The molecule has 0 aliphatic heterocycles. The first-order valence-corrected chi connectivity index (χ1v) is 7.32. The van der Waals surface area contributed by atoms with Crippen LogP contribution >= 0.6 is 0 Å². The molecule has 0 aromatic heterocycles. The average molecular weight is 263 g/mol. The fourth-order valence-corrected chi connectivity index (χ4v) is 2.71. The van der Waals surface area contributed by atoms with Crippen LogP contribution in [0.25, 0.3) is 0 Å². The fraction of sp³-hybridized carbons (Fsp3) is 0.625. The summed E-state index contributed by atoms with van der Waals surface area (Å²) in [4.78, 5) is 0. The van der Waals surface area contributed by atoms with Gasteiger partial charge in [-0.15, -0.1) is 0 Å². The van der Waals surface area contributed by atoms with Crippen LogP contribution in [0, 0.1) is 5.92 Å². The SMILES string of the molecule is CCOc1ccc(C(N)CC2CC(OCC)C2)cc1. The molecule has 0 spiro atoms. The lowest BCUT2D eigenvalue weighted by Crippen LogP contribution is -2.33. The minimum atomic E-state index is 0.128. The van der Waals surface area contributed by atoms with Gasteiger partial charge in [0.1, 0.15) is 5.75 Å². The molecule has 3 heteroatoms. The molecule has 106 valence electrons. The van der Waals surface area contributed by atoms with Gasteiger partial charge in [-0.1, -0.05) is 12.1 Å². The summed E-state index contributed by atoms with van der Waals surface area (Å²) in [5.74, 6) is 1.64. The minimum absolute atomic E-state index is 0.128. The van der Waals surface area contributed by atoms with Gasteiger partial charge in [0.25, 0.3) is 0 Å². The summed E-state index contributed by atoms with van der Waals surface area (Å²) in [6.45, 7) is 5.57. The maximum Gasteiger partial charge on any atom is 0.119 e. The normalized spacial score (nSPS) is 23.7. The molecule has 1 aliphatic carbocycles. The first-order chi connectivity index (χ1) is 9.22. The molecule has 3 nitrogen and oxygen atoms in total. The second kappa shape index (κ2) is 6.92. The highest BCUT2D eigenvalue weighted by molar-refractivity contribution is 5.29. The molecule has 0 saturated heterocycles. The third-order valence-corrected chi connectivity index (χ3v) is 3.80. The maximum atomic E-state index is 6.27. The molecule has 1 aromatic carbocycles. The standard InChI is InChI=1S/C16H25NO2/c1-3-18-14-7-5-13(6-8-14)16(17)11-12-9-15(10-12)19-4-2/h5-8,12,15-16H,3-4,9-11,17H2,1-2H3. The summed E-state index contributed by atoms with van der Waals surface area (Å²) >= 11 is 0. The van der Waals surface area contributed by atoms with E-state index in [1.165, 1.54) is 18.4 Å². The molecule has 1 saturated carbocycles. The van der Waals surface area contributed by atoms with Crippen LogP contribution in [0.2, 0.25) is 0 Å². The van der Waals surface area contributed by atoms with Crippen molar-refractivity contribution in [1.82, 2.24) is 0 Å². The zero-order valence-corrected chi connectivity index (χ0v) is 12.0. The highest BCUT2D eigenvalue weighted by Gasteiger charge is 2.30. The topological polar surface area (TPSA) is 44.5 Å². The van der Waals surface area contributed by atoms with Crippen LogP contribution in [0.5, 0.6) is 5.75 Å². The van der Waals surface area contributed by atoms with Gasteiger partial charge in [-0.25, -0.2) is 0 Å². The molecule has 19 heavy (non-hydrogen) atoms. The van der Waals surface area contributed by atoms with E-state index in [9.17, 15) is 0 Å². The van der Waals surface area contributed by atoms with E-state index in [1.807, 2.05) is 19.1 Å². The quantitative estimate of drug-likeness (QED) is 0.821. The molecular formula is C16H25NO2. The van der Waals surface area contributed by atoms with E-state index in [2.05, 4.69) is 19.1 Å². The van der Waals surface area contributed by atoms with Crippen molar-refractivity contribution in [2.45, 2.75) is 45.3 Å². The van der Waals surface area contributed by atoms with E-state index >= 15 is 0 Å². The monoisotopic (exact) mass is 263 g/mol. The van der Waals surface area contributed by atoms with E-state index < -0.39 is 0 Å². The Morgan fingerprint density at radius 1 is 1.16 bits per heavy atom. The van der Waals surface area contributed by atoms with Crippen molar-refractivity contribution in [3.63, 3.8) is 0 Å². The van der Waals surface area contributed by atoms with E-state index in [0.717, 1.165) is 24.7 Å². The van der Waals surface area contributed by atoms with Crippen molar-refractivity contribution in [3.8, 4) is 5.75 Å². The van der Waals surface area contributed by atoms with Gasteiger partial charge in [0, 0.05) is 12.6 Å². The first kappa shape index (κ1) is 14.4. The molecule has 1 atom stereocenters. The minimum Gasteiger partial charge on any atom is -0.494 e. The molecule has 0 heterocycles. The van der Waals surface area contributed by atoms with Gasteiger partial charge in [-0.05, 0) is 56.7 Å². The highest BCUT2D eigenvalue weighted by atomic mass is 16.5. The Kier molecular flexibility index (Phi) is 5.23. The summed E-state index contributed by atoms with van der Waals surface area (Å²) in [5, 5.41) is 0. The smallest absolute Gasteiger partial charge is 0.119 e. The van der Waals surface area contributed by atoms with Crippen molar-refractivity contribution in [2.24, 2.45) is 11.7 Å². The van der Waals surface area contributed by atoms with Crippen LogP contribution in [0.3, 0.4) is 0 Å². The van der Waals surface area contributed by atoms with E-state index in [1.54, 1.807) is 0 Å². The van der Waals surface area contributed by atoms with Crippen molar-refractivity contribution in [2.75, 3.05) is 13.2 Å². The predicted molar refractivity (Wildman–Crippen MR) is 77.3 cm³/mol. The molecule has 0 amide bonds. The van der Waals surface area contributed by atoms with Crippen LogP contribution < -0.4 is 10.5 Å². The molecule has 1 aliphatic rings. The molecule has 0 bridgehead atoms. The van der Waals surface area contributed by atoms with Gasteiger partial charge in [0.15, 0.2) is 0 Å². The van der Waals surface area contributed by atoms with Crippen LogP contribution in [-0.2, 0) is 4.74 Å². The molecule has 0 radical (unpaired) electrons. The van der Waals surface area contributed by atoms with Crippen molar-refractivity contribution in [1.29, 1.82) is 0 Å². The second-order valence-corrected chi connectivity index (χ2v) is 5.26. The van der Waals surface area contributed by atoms with E-state index in [-0.39, 0.29) is 6.04 Å². The van der Waals surface area contributed by atoms with Crippen LogP contribution in [-0.4, -0.2) is 19.3 Å². The molecule has 2 rings (SSSR count). The summed E-state index contributed by atoms with van der Waals surface area (Å²) in [5.41, 5.74) is 7.46. The van der Waals surface area contributed by atoms with Crippen LogP contribution in [0.1, 0.15) is 44.7 Å². The second-order valence-electron chi connectivity index (χ2n) is 5.26. The van der Waals surface area contributed by atoms with E-state index in [4.69, 9.17) is 15.2 Å².